The van der Waals surface area contributed by atoms with E-state index >= 15 is 0 Å². The first-order valence-corrected chi connectivity index (χ1v) is 6.62. The van der Waals surface area contributed by atoms with Gasteiger partial charge in [-0.25, -0.2) is 0 Å². The number of esters is 1. The van der Waals surface area contributed by atoms with E-state index in [1.165, 1.54) is 32.1 Å². The Hall–Kier alpha value is -0.570. The fraction of sp³-hybridized carbons (Fsp3) is 0.923. The molecule has 90 valence electrons. The van der Waals surface area contributed by atoms with Crippen LogP contribution >= 0.6 is 0 Å². The third kappa shape index (κ3) is 1.21. The van der Waals surface area contributed by atoms with Gasteiger partial charge in [-0.1, -0.05) is 12.8 Å². The summed E-state index contributed by atoms with van der Waals surface area (Å²) in [5, 5.41) is 0. The van der Waals surface area contributed by atoms with Crippen LogP contribution in [0.3, 0.4) is 0 Å². The van der Waals surface area contributed by atoms with E-state index in [1.54, 1.807) is 7.11 Å². The number of ether oxygens (including phenoxy) is 1. The first-order valence-electron chi connectivity index (χ1n) is 6.62. The van der Waals surface area contributed by atoms with Gasteiger partial charge in [-0.05, 0) is 44.1 Å². The smallest absolute Gasteiger partial charge is 0.326 e. The van der Waals surface area contributed by atoms with Gasteiger partial charge >= 0.3 is 5.97 Å². The highest BCUT2D eigenvalue weighted by Gasteiger charge is 2.60. The lowest BCUT2D eigenvalue weighted by Gasteiger charge is -2.37. The van der Waals surface area contributed by atoms with Gasteiger partial charge in [-0.15, -0.1) is 0 Å². The van der Waals surface area contributed by atoms with E-state index < -0.39 is 0 Å². The lowest BCUT2D eigenvalue weighted by molar-refractivity contribution is -0.154. The first kappa shape index (κ1) is 10.6. The van der Waals surface area contributed by atoms with E-state index in [0.717, 1.165) is 25.4 Å². The molecule has 1 saturated carbocycles. The van der Waals surface area contributed by atoms with Gasteiger partial charge in [0, 0.05) is 6.54 Å². The second-order valence-corrected chi connectivity index (χ2v) is 5.62. The largest absolute Gasteiger partial charge is 0.468 e. The van der Waals surface area contributed by atoms with Crippen molar-refractivity contribution in [3.63, 3.8) is 0 Å². The molecule has 3 aliphatic rings. The van der Waals surface area contributed by atoms with Crippen molar-refractivity contribution in [3.05, 3.63) is 0 Å². The Bertz CT molecular complexity index is 304. The molecule has 3 heteroatoms. The summed E-state index contributed by atoms with van der Waals surface area (Å²) < 4.78 is 5.11. The fourth-order valence-electron chi connectivity index (χ4n) is 4.47. The molecule has 0 spiro atoms. The minimum Gasteiger partial charge on any atom is -0.468 e. The van der Waals surface area contributed by atoms with Crippen LogP contribution in [0, 0.1) is 11.8 Å². The molecule has 2 heterocycles. The molecule has 3 rings (SSSR count). The summed E-state index contributed by atoms with van der Waals surface area (Å²) >= 11 is 0. The molecule has 0 N–H and O–H groups in total. The third-order valence-electron chi connectivity index (χ3n) is 5.07. The third-order valence-corrected chi connectivity index (χ3v) is 5.07. The minimum atomic E-state index is -0.222. The van der Waals surface area contributed by atoms with Crippen molar-refractivity contribution in [2.45, 2.75) is 44.1 Å². The quantitative estimate of drug-likeness (QED) is 0.635. The lowest BCUT2D eigenvalue weighted by atomic mass is 9.71. The van der Waals surface area contributed by atoms with Crippen molar-refractivity contribution >= 4 is 5.97 Å². The summed E-state index contributed by atoms with van der Waals surface area (Å²) in [5.74, 6) is 1.38. The summed E-state index contributed by atoms with van der Waals surface area (Å²) in [6.07, 6.45) is 7.40. The highest BCUT2D eigenvalue weighted by atomic mass is 16.5. The van der Waals surface area contributed by atoms with Crippen molar-refractivity contribution in [1.29, 1.82) is 0 Å². The number of fused-ring (bicyclic) bond motifs is 3. The maximum Gasteiger partial charge on any atom is 0.326 e. The molecular formula is C13H21NO2. The van der Waals surface area contributed by atoms with E-state index in [2.05, 4.69) is 4.90 Å². The van der Waals surface area contributed by atoms with Crippen LogP contribution in [0.15, 0.2) is 0 Å². The number of hydrogen-bond donors (Lipinski definition) is 0. The Labute approximate surface area is 97.1 Å². The van der Waals surface area contributed by atoms with Crippen molar-refractivity contribution in [2.24, 2.45) is 11.8 Å². The number of hydrogen-bond acceptors (Lipinski definition) is 3. The first-order chi connectivity index (χ1) is 7.79. The van der Waals surface area contributed by atoms with Gasteiger partial charge in [0.15, 0.2) is 0 Å². The summed E-state index contributed by atoms with van der Waals surface area (Å²) in [4.78, 5) is 14.6. The van der Waals surface area contributed by atoms with E-state index in [4.69, 9.17) is 4.74 Å². The van der Waals surface area contributed by atoms with Crippen LogP contribution < -0.4 is 0 Å². The molecule has 2 aliphatic heterocycles. The van der Waals surface area contributed by atoms with Crippen LogP contribution in [-0.2, 0) is 9.53 Å². The van der Waals surface area contributed by atoms with E-state index in [9.17, 15) is 4.79 Å². The minimum absolute atomic E-state index is 0.0411. The molecule has 3 nitrogen and oxygen atoms in total. The average Bonchev–Trinajstić information content (AvgIpc) is 2.84. The Morgan fingerprint density at radius 3 is 2.94 bits per heavy atom. The highest BCUT2D eigenvalue weighted by Crippen LogP contribution is 2.52. The number of carbonyl (C=O) groups excluding carboxylic acids is 1. The molecule has 3 unspecified atom stereocenters. The average molecular weight is 223 g/mol. The normalized spacial score (nSPS) is 42.8. The SMILES string of the molecule is COC(=O)C12CCCN1CC1CCCCC12. The molecule has 0 aromatic heterocycles. The molecule has 0 amide bonds. The molecule has 3 atom stereocenters. The highest BCUT2D eigenvalue weighted by molar-refractivity contribution is 5.82. The van der Waals surface area contributed by atoms with Crippen molar-refractivity contribution < 1.29 is 9.53 Å². The molecule has 0 aromatic carbocycles. The molecule has 16 heavy (non-hydrogen) atoms. The molecule has 2 saturated heterocycles. The van der Waals surface area contributed by atoms with Gasteiger partial charge in [-0.3, -0.25) is 9.69 Å². The summed E-state index contributed by atoms with van der Waals surface area (Å²) in [6, 6.07) is 0. The second-order valence-electron chi connectivity index (χ2n) is 5.62. The van der Waals surface area contributed by atoms with Crippen LogP contribution in [-0.4, -0.2) is 36.6 Å². The van der Waals surface area contributed by atoms with E-state index in [0.29, 0.717) is 5.92 Å². The number of methoxy groups -OCH3 is 1. The lowest BCUT2D eigenvalue weighted by Crippen LogP contribution is -2.51. The van der Waals surface area contributed by atoms with Gasteiger partial charge in [0.25, 0.3) is 0 Å². The molecule has 3 fully saturated rings. The monoisotopic (exact) mass is 223 g/mol. The Kier molecular flexibility index (Phi) is 2.46. The van der Waals surface area contributed by atoms with Gasteiger partial charge in [0.05, 0.1) is 7.11 Å². The van der Waals surface area contributed by atoms with Gasteiger partial charge in [0.2, 0.25) is 0 Å². The predicted molar refractivity (Wildman–Crippen MR) is 61.0 cm³/mol. The molecular weight excluding hydrogens is 202 g/mol. The number of nitrogens with zero attached hydrogens (tertiary/aromatic N) is 1. The van der Waals surface area contributed by atoms with Crippen LogP contribution in [0.25, 0.3) is 0 Å². The van der Waals surface area contributed by atoms with Gasteiger partial charge in [-0.2, -0.15) is 0 Å². The zero-order chi connectivity index (χ0) is 11.2. The van der Waals surface area contributed by atoms with Crippen molar-refractivity contribution in [1.82, 2.24) is 4.90 Å². The zero-order valence-electron chi connectivity index (χ0n) is 10.1. The Balaban J connectivity index is 1.94. The maximum absolute atomic E-state index is 12.2. The van der Waals surface area contributed by atoms with Gasteiger partial charge < -0.3 is 4.74 Å². The molecule has 1 aliphatic carbocycles. The summed E-state index contributed by atoms with van der Waals surface area (Å²) in [6.45, 7) is 2.24. The second kappa shape index (κ2) is 3.73. The number of carbonyl (C=O) groups is 1. The van der Waals surface area contributed by atoms with E-state index in [1.807, 2.05) is 0 Å². The Morgan fingerprint density at radius 1 is 1.31 bits per heavy atom. The van der Waals surface area contributed by atoms with E-state index in [-0.39, 0.29) is 11.5 Å². The van der Waals surface area contributed by atoms with Gasteiger partial charge in [0.1, 0.15) is 5.54 Å². The predicted octanol–water partition coefficient (Wildman–Crippen LogP) is 1.81. The summed E-state index contributed by atoms with van der Waals surface area (Å²) in [5.41, 5.74) is -0.222. The van der Waals surface area contributed by atoms with Crippen molar-refractivity contribution in [3.8, 4) is 0 Å². The Morgan fingerprint density at radius 2 is 2.12 bits per heavy atom. The molecule has 0 aromatic rings. The van der Waals surface area contributed by atoms with Crippen LogP contribution in [0.2, 0.25) is 0 Å². The molecule has 0 radical (unpaired) electrons. The maximum atomic E-state index is 12.2. The zero-order valence-corrected chi connectivity index (χ0v) is 10.1. The number of rotatable bonds is 1. The van der Waals surface area contributed by atoms with Crippen molar-refractivity contribution in [2.75, 3.05) is 20.2 Å². The standard InChI is InChI=1S/C13H21NO2/c1-16-12(15)13-7-4-8-14(13)9-10-5-2-3-6-11(10)13/h10-11H,2-9H2,1H3. The molecule has 0 bridgehead atoms. The fourth-order valence-corrected chi connectivity index (χ4v) is 4.47. The van der Waals surface area contributed by atoms with Crippen LogP contribution in [0.4, 0.5) is 0 Å². The topological polar surface area (TPSA) is 29.5 Å². The van der Waals surface area contributed by atoms with Crippen LogP contribution in [0.1, 0.15) is 38.5 Å². The summed E-state index contributed by atoms with van der Waals surface area (Å²) in [7, 11) is 1.55. The van der Waals surface area contributed by atoms with Crippen LogP contribution in [0.5, 0.6) is 0 Å².